The van der Waals surface area contributed by atoms with E-state index in [4.69, 9.17) is 10.6 Å². The number of hydrogen-bond donors (Lipinski definition) is 2. The van der Waals surface area contributed by atoms with Crippen molar-refractivity contribution in [2.45, 2.75) is 12.8 Å². The van der Waals surface area contributed by atoms with Crippen LogP contribution in [-0.4, -0.2) is 19.8 Å². The van der Waals surface area contributed by atoms with Crippen LogP contribution in [0.5, 0.6) is 0 Å². The zero-order chi connectivity index (χ0) is 6.53. The molecule has 9 heavy (non-hydrogen) atoms. The maximum Gasteiger partial charge on any atom is 0.0495 e. The molecule has 1 heterocycles. The van der Waals surface area contributed by atoms with Gasteiger partial charge in [0.05, 0.1) is 0 Å². The topological polar surface area (TPSA) is 47.3 Å². The Hall–Kier alpha value is -0.120. The molecule has 1 aliphatic rings. The zero-order valence-corrected chi connectivity index (χ0v) is 5.60. The molecule has 54 valence electrons. The van der Waals surface area contributed by atoms with Crippen molar-refractivity contribution < 1.29 is 4.74 Å². The molecule has 3 heteroatoms. The second kappa shape index (κ2) is 3.82. The van der Waals surface area contributed by atoms with Gasteiger partial charge in [-0.25, -0.2) is 0 Å². The smallest absolute Gasteiger partial charge is 0.0495 e. The van der Waals surface area contributed by atoms with E-state index in [1.54, 1.807) is 0 Å². The van der Waals surface area contributed by atoms with E-state index in [0.717, 1.165) is 32.1 Å². The van der Waals surface area contributed by atoms with E-state index >= 15 is 0 Å². The van der Waals surface area contributed by atoms with Gasteiger partial charge >= 0.3 is 0 Å². The Kier molecular flexibility index (Phi) is 2.97. The van der Waals surface area contributed by atoms with E-state index in [2.05, 4.69) is 5.43 Å². The van der Waals surface area contributed by atoms with Gasteiger partial charge in [0, 0.05) is 19.8 Å². The molecule has 0 aromatic rings. The minimum atomic E-state index is 0.751. The van der Waals surface area contributed by atoms with Crippen LogP contribution < -0.4 is 11.3 Å². The summed E-state index contributed by atoms with van der Waals surface area (Å²) in [6, 6.07) is 0. The molecule has 3 nitrogen and oxygen atoms in total. The minimum absolute atomic E-state index is 0.751. The molecule has 1 saturated heterocycles. The van der Waals surface area contributed by atoms with E-state index in [1.165, 1.54) is 6.42 Å². The summed E-state index contributed by atoms with van der Waals surface area (Å²) in [7, 11) is 0. The molecule has 1 atom stereocenters. The van der Waals surface area contributed by atoms with Gasteiger partial charge in [0.1, 0.15) is 0 Å². The second-order valence-electron chi connectivity index (χ2n) is 2.47. The van der Waals surface area contributed by atoms with Crippen LogP contribution in [0, 0.1) is 5.92 Å². The van der Waals surface area contributed by atoms with Crippen molar-refractivity contribution in [2.24, 2.45) is 11.8 Å². The number of ether oxygens (including phenoxy) is 1. The fraction of sp³-hybridized carbons (Fsp3) is 1.00. The molecule has 0 amide bonds. The number of nitrogens with two attached hydrogens (primary N) is 1. The SMILES string of the molecule is NNCCC1CCOC1. The highest BCUT2D eigenvalue weighted by molar-refractivity contribution is 4.63. The number of rotatable bonds is 3. The van der Waals surface area contributed by atoms with Gasteiger partial charge in [-0.1, -0.05) is 0 Å². The Bertz CT molecular complexity index is 71.5. The third-order valence-corrected chi connectivity index (χ3v) is 1.72. The molecule has 1 rings (SSSR count). The van der Waals surface area contributed by atoms with Crippen molar-refractivity contribution in [1.82, 2.24) is 5.43 Å². The Morgan fingerprint density at radius 3 is 3.11 bits per heavy atom. The summed E-state index contributed by atoms with van der Waals surface area (Å²) in [5.74, 6) is 5.87. The first-order chi connectivity index (χ1) is 4.43. The van der Waals surface area contributed by atoms with Crippen LogP contribution in [-0.2, 0) is 4.74 Å². The average molecular weight is 130 g/mol. The highest BCUT2D eigenvalue weighted by Gasteiger charge is 2.13. The van der Waals surface area contributed by atoms with Crippen molar-refractivity contribution in [1.29, 1.82) is 0 Å². The Morgan fingerprint density at radius 1 is 1.67 bits per heavy atom. The largest absolute Gasteiger partial charge is 0.381 e. The zero-order valence-electron chi connectivity index (χ0n) is 5.60. The lowest BCUT2D eigenvalue weighted by molar-refractivity contribution is 0.184. The van der Waals surface area contributed by atoms with Crippen molar-refractivity contribution in [2.75, 3.05) is 19.8 Å². The van der Waals surface area contributed by atoms with Crippen molar-refractivity contribution in [3.8, 4) is 0 Å². The fourth-order valence-corrected chi connectivity index (χ4v) is 1.10. The fourth-order valence-electron chi connectivity index (χ4n) is 1.10. The third-order valence-electron chi connectivity index (χ3n) is 1.72. The molecule has 0 aromatic heterocycles. The normalized spacial score (nSPS) is 27.0. The first-order valence-corrected chi connectivity index (χ1v) is 3.44. The van der Waals surface area contributed by atoms with Crippen LogP contribution in [0.3, 0.4) is 0 Å². The molecule has 1 unspecified atom stereocenters. The summed E-state index contributed by atoms with van der Waals surface area (Å²) in [6.07, 6.45) is 2.36. The van der Waals surface area contributed by atoms with Gasteiger partial charge in [0.2, 0.25) is 0 Å². The van der Waals surface area contributed by atoms with Gasteiger partial charge in [-0.3, -0.25) is 11.3 Å². The lowest BCUT2D eigenvalue weighted by Crippen LogP contribution is -2.24. The Morgan fingerprint density at radius 2 is 2.56 bits per heavy atom. The highest BCUT2D eigenvalue weighted by atomic mass is 16.5. The molecule has 0 spiro atoms. The van der Waals surface area contributed by atoms with Crippen LogP contribution in [0.1, 0.15) is 12.8 Å². The Balaban J connectivity index is 1.98. The summed E-state index contributed by atoms with van der Waals surface area (Å²) in [5.41, 5.74) is 2.64. The lowest BCUT2D eigenvalue weighted by Gasteiger charge is -2.04. The van der Waals surface area contributed by atoms with Crippen molar-refractivity contribution >= 4 is 0 Å². The maximum atomic E-state index is 5.19. The van der Waals surface area contributed by atoms with Gasteiger partial charge in [-0.15, -0.1) is 0 Å². The summed E-state index contributed by atoms with van der Waals surface area (Å²) >= 11 is 0. The standard InChI is InChI=1S/C6H14N2O/c7-8-3-1-6-2-4-9-5-6/h6,8H,1-5,7H2. The van der Waals surface area contributed by atoms with Crippen LogP contribution in [0.15, 0.2) is 0 Å². The molecule has 3 N–H and O–H groups in total. The molecule has 1 fully saturated rings. The molecule has 0 radical (unpaired) electrons. The number of hydrogen-bond acceptors (Lipinski definition) is 3. The van der Waals surface area contributed by atoms with Crippen LogP contribution >= 0.6 is 0 Å². The minimum Gasteiger partial charge on any atom is -0.381 e. The molecule has 0 bridgehead atoms. The molecular weight excluding hydrogens is 116 g/mol. The van der Waals surface area contributed by atoms with Crippen LogP contribution in [0.4, 0.5) is 0 Å². The average Bonchev–Trinajstić information content (AvgIpc) is 2.34. The molecule has 0 aromatic carbocycles. The first-order valence-electron chi connectivity index (χ1n) is 3.44. The van der Waals surface area contributed by atoms with E-state index in [-0.39, 0.29) is 0 Å². The maximum absolute atomic E-state index is 5.19. The summed E-state index contributed by atoms with van der Waals surface area (Å²) in [4.78, 5) is 0. The predicted octanol–water partition coefficient (Wildman–Crippen LogP) is -0.124. The summed E-state index contributed by atoms with van der Waals surface area (Å²) < 4.78 is 5.19. The highest BCUT2D eigenvalue weighted by Crippen LogP contribution is 2.14. The van der Waals surface area contributed by atoms with E-state index in [9.17, 15) is 0 Å². The van der Waals surface area contributed by atoms with Crippen LogP contribution in [0.2, 0.25) is 0 Å². The Labute approximate surface area is 55.5 Å². The molecule has 0 saturated carbocycles. The monoisotopic (exact) mass is 130 g/mol. The number of nitrogens with one attached hydrogen (secondary N) is 1. The third kappa shape index (κ3) is 2.30. The molecule has 1 aliphatic heterocycles. The van der Waals surface area contributed by atoms with Gasteiger partial charge in [0.15, 0.2) is 0 Å². The van der Waals surface area contributed by atoms with Gasteiger partial charge in [-0.2, -0.15) is 0 Å². The van der Waals surface area contributed by atoms with Gasteiger partial charge in [0.25, 0.3) is 0 Å². The van der Waals surface area contributed by atoms with Gasteiger partial charge in [-0.05, 0) is 18.8 Å². The molecule has 0 aliphatic carbocycles. The quantitative estimate of drug-likeness (QED) is 0.413. The van der Waals surface area contributed by atoms with E-state index in [0.29, 0.717) is 0 Å². The predicted molar refractivity (Wildman–Crippen MR) is 35.7 cm³/mol. The van der Waals surface area contributed by atoms with E-state index < -0.39 is 0 Å². The second-order valence-corrected chi connectivity index (χ2v) is 2.47. The van der Waals surface area contributed by atoms with E-state index in [1.807, 2.05) is 0 Å². The van der Waals surface area contributed by atoms with Crippen molar-refractivity contribution in [3.05, 3.63) is 0 Å². The summed E-state index contributed by atoms with van der Waals surface area (Å²) in [6.45, 7) is 2.78. The molecular formula is C6H14N2O. The van der Waals surface area contributed by atoms with Crippen LogP contribution in [0.25, 0.3) is 0 Å². The van der Waals surface area contributed by atoms with Crippen molar-refractivity contribution in [3.63, 3.8) is 0 Å². The first kappa shape index (κ1) is 6.99. The lowest BCUT2D eigenvalue weighted by atomic mass is 10.1. The summed E-state index contributed by atoms with van der Waals surface area (Å²) in [5, 5.41) is 0. The number of hydrazine groups is 1. The van der Waals surface area contributed by atoms with Gasteiger partial charge < -0.3 is 4.74 Å².